The van der Waals surface area contributed by atoms with Crippen LogP contribution in [-0.4, -0.2) is 23.2 Å². The van der Waals surface area contributed by atoms with Crippen LogP contribution >= 0.6 is 15.9 Å². The summed E-state index contributed by atoms with van der Waals surface area (Å²) < 4.78 is 35.8. The third kappa shape index (κ3) is 3.85. The average molecular weight is 310 g/mol. The lowest BCUT2D eigenvalue weighted by Crippen LogP contribution is -2.29. The number of carbonyl (C=O) groups is 2. The van der Waals surface area contributed by atoms with E-state index in [1.807, 2.05) is 0 Å². The number of Topliss-reactive ketones (excluding diaryl/α,β-unsaturated/α-hetero) is 1. The maximum absolute atomic E-state index is 11.9. The van der Waals surface area contributed by atoms with Crippen LogP contribution in [0, 0.1) is 0 Å². The van der Waals surface area contributed by atoms with Crippen molar-refractivity contribution in [1.29, 1.82) is 0 Å². The van der Waals surface area contributed by atoms with Crippen LogP contribution in [0.1, 0.15) is 10.4 Å². The molecule has 92 valence electrons. The Morgan fingerprint density at radius 1 is 1.18 bits per heavy atom. The van der Waals surface area contributed by atoms with E-state index in [9.17, 15) is 22.8 Å². The molecule has 0 saturated heterocycles. The number of benzene rings is 1. The first-order valence-corrected chi connectivity index (χ1v) is 5.54. The van der Waals surface area contributed by atoms with Gasteiger partial charge in [-0.25, -0.2) is 0 Å². The number of hydrogen-bond acceptors (Lipinski definition) is 2. The lowest BCUT2D eigenvalue weighted by molar-refractivity contribution is -0.167. The molecule has 7 heteroatoms. The highest BCUT2D eigenvalue weighted by Gasteiger charge is 2.38. The number of hydrogen-bond donors (Lipinski definition) is 1. The highest BCUT2D eigenvalue weighted by molar-refractivity contribution is 9.09. The fraction of sp³-hybridized carbons (Fsp3) is 0.200. The molecule has 1 aromatic rings. The van der Waals surface area contributed by atoms with Crippen molar-refractivity contribution < 1.29 is 22.8 Å². The lowest BCUT2D eigenvalue weighted by Gasteiger charge is -2.08. The predicted molar refractivity (Wildman–Crippen MR) is 59.3 cm³/mol. The number of carbonyl (C=O) groups excluding carboxylic acids is 2. The number of alkyl halides is 4. The first kappa shape index (κ1) is 13.7. The summed E-state index contributed by atoms with van der Waals surface area (Å²) in [7, 11) is 0. The molecule has 0 aliphatic carbocycles. The van der Waals surface area contributed by atoms with Gasteiger partial charge in [0.05, 0.1) is 5.33 Å². The molecule has 3 nitrogen and oxygen atoms in total. The molecular formula is C10H7BrF3NO2. The summed E-state index contributed by atoms with van der Waals surface area (Å²) in [5, 5.41) is 1.81. The summed E-state index contributed by atoms with van der Waals surface area (Å²) in [6.07, 6.45) is -4.93. The number of anilines is 1. The van der Waals surface area contributed by atoms with Crippen molar-refractivity contribution in [2.24, 2.45) is 0 Å². The Labute approximate surface area is 103 Å². The zero-order valence-electron chi connectivity index (χ0n) is 8.34. The van der Waals surface area contributed by atoms with Crippen LogP contribution in [0.5, 0.6) is 0 Å². The third-order valence-electron chi connectivity index (χ3n) is 1.84. The van der Waals surface area contributed by atoms with Crippen LogP contribution < -0.4 is 5.32 Å². The Morgan fingerprint density at radius 2 is 1.71 bits per heavy atom. The maximum atomic E-state index is 11.9. The number of ketones is 1. The van der Waals surface area contributed by atoms with E-state index in [2.05, 4.69) is 15.9 Å². The fourth-order valence-corrected chi connectivity index (χ4v) is 1.34. The Hall–Kier alpha value is -1.37. The monoisotopic (exact) mass is 309 g/mol. The molecule has 0 spiro atoms. The number of nitrogens with one attached hydrogen (secondary N) is 1. The Morgan fingerprint density at radius 3 is 2.12 bits per heavy atom. The second-order valence-corrected chi connectivity index (χ2v) is 3.65. The zero-order valence-corrected chi connectivity index (χ0v) is 9.93. The van der Waals surface area contributed by atoms with Gasteiger partial charge in [-0.2, -0.15) is 13.2 Å². The number of amides is 1. The quantitative estimate of drug-likeness (QED) is 0.689. The highest BCUT2D eigenvalue weighted by Crippen LogP contribution is 2.18. The number of halogens is 4. The van der Waals surface area contributed by atoms with Crippen molar-refractivity contribution in [2.45, 2.75) is 6.18 Å². The van der Waals surface area contributed by atoms with Crippen molar-refractivity contribution in [2.75, 3.05) is 10.6 Å². The molecule has 0 unspecified atom stereocenters. The standard InChI is InChI=1S/C10H7BrF3NO2/c11-5-8(16)6-1-3-7(4-2-6)15-9(17)10(12,13)14/h1-4H,5H2,(H,15,17). The first-order valence-electron chi connectivity index (χ1n) is 4.42. The predicted octanol–water partition coefficient (Wildman–Crippen LogP) is 2.77. The van der Waals surface area contributed by atoms with Crippen LogP contribution in [0.15, 0.2) is 24.3 Å². The summed E-state index contributed by atoms with van der Waals surface area (Å²) in [6, 6.07) is 5.16. The summed E-state index contributed by atoms with van der Waals surface area (Å²) in [6.45, 7) is 0. The minimum Gasteiger partial charge on any atom is -0.318 e. The van der Waals surface area contributed by atoms with Gasteiger partial charge in [0.1, 0.15) is 0 Å². The maximum Gasteiger partial charge on any atom is 0.471 e. The molecule has 0 aliphatic heterocycles. The van der Waals surface area contributed by atoms with E-state index >= 15 is 0 Å². The van der Waals surface area contributed by atoms with Gasteiger partial charge in [0.15, 0.2) is 5.78 Å². The Bertz CT molecular complexity index is 428. The second kappa shape index (κ2) is 5.31. The van der Waals surface area contributed by atoms with Crippen molar-refractivity contribution in [1.82, 2.24) is 0 Å². The van der Waals surface area contributed by atoms with E-state index in [0.29, 0.717) is 5.56 Å². The molecular weight excluding hydrogens is 303 g/mol. The zero-order chi connectivity index (χ0) is 13.1. The average Bonchev–Trinajstić information content (AvgIpc) is 2.27. The smallest absolute Gasteiger partial charge is 0.318 e. The van der Waals surface area contributed by atoms with Gasteiger partial charge >= 0.3 is 12.1 Å². The largest absolute Gasteiger partial charge is 0.471 e. The lowest BCUT2D eigenvalue weighted by atomic mass is 10.1. The van der Waals surface area contributed by atoms with Crippen LogP contribution in [0.2, 0.25) is 0 Å². The van der Waals surface area contributed by atoms with Crippen LogP contribution in [-0.2, 0) is 4.79 Å². The minimum absolute atomic E-state index is 0.0153. The number of rotatable bonds is 3. The van der Waals surface area contributed by atoms with Crippen molar-refractivity contribution >= 4 is 33.3 Å². The van der Waals surface area contributed by atoms with Gasteiger partial charge in [0.2, 0.25) is 0 Å². The van der Waals surface area contributed by atoms with Crippen molar-refractivity contribution in [3.05, 3.63) is 29.8 Å². The topological polar surface area (TPSA) is 46.2 Å². The molecule has 1 rings (SSSR count). The fourth-order valence-electron chi connectivity index (χ4n) is 1.02. The van der Waals surface area contributed by atoms with E-state index in [0.717, 1.165) is 0 Å². The second-order valence-electron chi connectivity index (χ2n) is 3.09. The molecule has 0 heterocycles. The molecule has 0 radical (unpaired) electrons. The molecule has 0 fully saturated rings. The van der Waals surface area contributed by atoms with Gasteiger partial charge in [-0.1, -0.05) is 15.9 Å². The minimum atomic E-state index is -4.93. The van der Waals surface area contributed by atoms with Crippen LogP contribution in [0.25, 0.3) is 0 Å². The van der Waals surface area contributed by atoms with Gasteiger partial charge in [0, 0.05) is 11.3 Å². The third-order valence-corrected chi connectivity index (χ3v) is 2.35. The summed E-state index contributed by atoms with van der Waals surface area (Å²) in [5.74, 6) is -2.24. The molecule has 17 heavy (non-hydrogen) atoms. The van der Waals surface area contributed by atoms with Crippen molar-refractivity contribution in [3.8, 4) is 0 Å². The van der Waals surface area contributed by atoms with Gasteiger partial charge in [0.25, 0.3) is 0 Å². The molecule has 0 saturated carbocycles. The van der Waals surface area contributed by atoms with E-state index in [1.54, 1.807) is 5.32 Å². The molecule has 0 atom stereocenters. The summed E-state index contributed by atoms with van der Waals surface area (Å²) in [4.78, 5) is 21.8. The highest BCUT2D eigenvalue weighted by atomic mass is 79.9. The van der Waals surface area contributed by atoms with E-state index in [4.69, 9.17) is 0 Å². The normalized spacial score (nSPS) is 11.1. The van der Waals surface area contributed by atoms with Crippen molar-refractivity contribution in [3.63, 3.8) is 0 Å². The molecule has 0 aromatic heterocycles. The first-order chi connectivity index (χ1) is 7.84. The summed E-state index contributed by atoms with van der Waals surface area (Å²) >= 11 is 2.97. The van der Waals surface area contributed by atoms with E-state index in [1.165, 1.54) is 24.3 Å². The molecule has 1 N–H and O–H groups in total. The van der Waals surface area contributed by atoms with Crippen LogP contribution in [0.3, 0.4) is 0 Å². The molecule has 0 bridgehead atoms. The van der Waals surface area contributed by atoms with Gasteiger partial charge in [-0.05, 0) is 24.3 Å². The van der Waals surface area contributed by atoms with Crippen LogP contribution in [0.4, 0.5) is 18.9 Å². The Kier molecular flexibility index (Phi) is 4.28. The van der Waals surface area contributed by atoms with Gasteiger partial charge in [-0.15, -0.1) is 0 Å². The van der Waals surface area contributed by atoms with Gasteiger partial charge < -0.3 is 5.32 Å². The van der Waals surface area contributed by atoms with E-state index in [-0.39, 0.29) is 16.8 Å². The van der Waals surface area contributed by atoms with Gasteiger partial charge in [-0.3, -0.25) is 9.59 Å². The summed E-state index contributed by atoms with van der Waals surface area (Å²) in [5.41, 5.74) is 0.338. The molecule has 1 amide bonds. The Balaban J connectivity index is 2.76. The molecule has 0 aliphatic rings. The SMILES string of the molecule is O=C(CBr)c1ccc(NC(=O)C(F)(F)F)cc1. The molecule has 1 aromatic carbocycles. The van der Waals surface area contributed by atoms with E-state index < -0.39 is 12.1 Å².